The number of nitrogens with one attached hydrogen (secondary N) is 1. The Kier molecular flexibility index (Phi) is 5.35. The van der Waals surface area contributed by atoms with Gasteiger partial charge in [0.15, 0.2) is 0 Å². The molecule has 4 nitrogen and oxygen atoms in total. The summed E-state index contributed by atoms with van der Waals surface area (Å²) >= 11 is 0. The molecule has 1 atom stereocenters. The Balaban J connectivity index is 2.55. The van der Waals surface area contributed by atoms with E-state index in [1.54, 1.807) is 10.6 Å². The average Bonchev–Trinajstić information content (AvgIpc) is 2.22. The Hall–Kier alpha value is -1.16. The van der Waals surface area contributed by atoms with Crippen molar-refractivity contribution in [3.8, 4) is 0 Å². The number of rotatable bonds is 6. The summed E-state index contributed by atoms with van der Waals surface area (Å²) in [4.78, 5) is 16.1. The first-order valence-corrected chi connectivity index (χ1v) is 6.33. The molecule has 0 aliphatic heterocycles. The first kappa shape index (κ1) is 13.9. The molecule has 0 aliphatic carbocycles. The number of hydrogen-bond donors (Lipinski definition) is 1. The zero-order valence-electron chi connectivity index (χ0n) is 11.3. The molecule has 0 spiro atoms. The van der Waals surface area contributed by atoms with E-state index in [-0.39, 0.29) is 5.56 Å². The van der Waals surface area contributed by atoms with E-state index < -0.39 is 0 Å². The van der Waals surface area contributed by atoms with Crippen LogP contribution in [0, 0.1) is 13.8 Å². The molecule has 0 radical (unpaired) electrons. The summed E-state index contributed by atoms with van der Waals surface area (Å²) in [7, 11) is 0. The van der Waals surface area contributed by atoms with E-state index in [0.29, 0.717) is 12.6 Å². The molecule has 17 heavy (non-hydrogen) atoms. The molecule has 4 heteroatoms. The van der Waals surface area contributed by atoms with Gasteiger partial charge in [0.1, 0.15) is 5.82 Å². The average molecular weight is 237 g/mol. The van der Waals surface area contributed by atoms with Crippen LogP contribution in [0.5, 0.6) is 0 Å². The minimum absolute atomic E-state index is 0.0416. The van der Waals surface area contributed by atoms with Gasteiger partial charge in [0.25, 0.3) is 5.56 Å². The molecule has 0 bridgehead atoms. The molecule has 0 saturated carbocycles. The summed E-state index contributed by atoms with van der Waals surface area (Å²) in [5.41, 5.74) is 0.830. The molecule has 96 valence electrons. The fourth-order valence-electron chi connectivity index (χ4n) is 1.99. The lowest BCUT2D eigenvalue weighted by molar-refractivity contribution is 0.476. The molecule has 1 heterocycles. The molecule has 1 rings (SSSR count). The fraction of sp³-hybridized carbons (Fsp3) is 0.692. The molecular weight excluding hydrogens is 214 g/mol. The van der Waals surface area contributed by atoms with Crippen molar-refractivity contribution in [2.75, 3.05) is 6.54 Å². The molecule has 0 fully saturated rings. The van der Waals surface area contributed by atoms with E-state index in [0.717, 1.165) is 18.1 Å². The maximum Gasteiger partial charge on any atom is 0.253 e. The smallest absolute Gasteiger partial charge is 0.253 e. The Morgan fingerprint density at radius 2 is 2.18 bits per heavy atom. The van der Waals surface area contributed by atoms with Crippen molar-refractivity contribution in [1.82, 2.24) is 14.9 Å². The van der Waals surface area contributed by atoms with Gasteiger partial charge in [-0.3, -0.25) is 9.36 Å². The van der Waals surface area contributed by atoms with Crippen LogP contribution in [0.1, 0.15) is 38.2 Å². The van der Waals surface area contributed by atoms with Gasteiger partial charge in [0, 0.05) is 30.9 Å². The van der Waals surface area contributed by atoms with Crippen molar-refractivity contribution in [3.63, 3.8) is 0 Å². The van der Waals surface area contributed by atoms with Gasteiger partial charge in [-0.05, 0) is 27.2 Å². The highest BCUT2D eigenvalue weighted by molar-refractivity contribution is 5.01. The summed E-state index contributed by atoms with van der Waals surface area (Å²) < 4.78 is 1.72. The second-order valence-electron chi connectivity index (χ2n) is 4.58. The largest absolute Gasteiger partial charge is 0.312 e. The van der Waals surface area contributed by atoms with E-state index in [2.05, 4.69) is 24.1 Å². The Labute approximate surface area is 103 Å². The Morgan fingerprint density at radius 3 is 2.76 bits per heavy atom. The lowest BCUT2D eigenvalue weighted by Crippen LogP contribution is -2.33. The molecule has 1 aromatic rings. The molecule has 1 aromatic heterocycles. The van der Waals surface area contributed by atoms with Gasteiger partial charge < -0.3 is 5.32 Å². The van der Waals surface area contributed by atoms with E-state index in [1.807, 2.05) is 13.8 Å². The maximum atomic E-state index is 11.8. The van der Waals surface area contributed by atoms with E-state index >= 15 is 0 Å². The first-order valence-electron chi connectivity index (χ1n) is 6.33. The van der Waals surface area contributed by atoms with Gasteiger partial charge in [-0.1, -0.05) is 13.3 Å². The van der Waals surface area contributed by atoms with Crippen molar-refractivity contribution in [1.29, 1.82) is 0 Å². The van der Waals surface area contributed by atoms with Gasteiger partial charge in [0.2, 0.25) is 0 Å². The van der Waals surface area contributed by atoms with Crippen molar-refractivity contribution in [2.24, 2.45) is 0 Å². The van der Waals surface area contributed by atoms with Crippen LogP contribution >= 0.6 is 0 Å². The van der Waals surface area contributed by atoms with E-state index in [9.17, 15) is 4.79 Å². The fourth-order valence-corrected chi connectivity index (χ4v) is 1.99. The lowest BCUT2D eigenvalue weighted by atomic mass is 10.2. The third kappa shape index (κ3) is 4.30. The normalized spacial score (nSPS) is 12.7. The highest BCUT2D eigenvalue weighted by Gasteiger charge is 2.03. The van der Waals surface area contributed by atoms with Gasteiger partial charge in [-0.15, -0.1) is 0 Å². The highest BCUT2D eigenvalue weighted by atomic mass is 16.1. The third-order valence-electron chi connectivity index (χ3n) is 2.88. The van der Waals surface area contributed by atoms with E-state index in [1.165, 1.54) is 12.8 Å². The first-order chi connectivity index (χ1) is 8.04. The van der Waals surface area contributed by atoms with Crippen LogP contribution in [0.3, 0.4) is 0 Å². The zero-order chi connectivity index (χ0) is 12.8. The lowest BCUT2D eigenvalue weighted by Gasteiger charge is -2.14. The number of hydrogen-bond acceptors (Lipinski definition) is 3. The van der Waals surface area contributed by atoms with Gasteiger partial charge in [-0.25, -0.2) is 4.98 Å². The number of nitrogens with zero attached hydrogens (tertiary/aromatic N) is 2. The van der Waals surface area contributed by atoms with Gasteiger partial charge in [0.05, 0.1) is 0 Å². The van der Waals surface area contributed by atoms with Crippen LogP contribution in [0.2, 0.25) is 0 Å². The van der Waals surface area contributed by atoms with Crippen molar-refractivity contribution in [2.45, 2.75) is 53.1 Å². The van der Waals surface area contributed by atoms with Crippen LogP contribution in [0.25, 0.3) is 0 Å². The molecule has 0 amide bonds. The summed E-state index contributed by atoms with van der Waals surface area (Å²) in [5, 5.41) is 3.41. The number of aromatic nitrogens is 2. The zero-order valence-corrected chi connectivity index (χ0v) is 11.3. The predicted molar refractivity (Wildman–Crippen MR) is 70.3 cm³/mol. The summed E-state index contributed by atoms with van der Waals surface area (Å²) in [6, 6.07) is 2.09. The third-order valence-corrected chi connectivity index (χ3v) is 2.88. The van der Waals surface area contributed by atoms with Crippen LogP contribution in [0.4, 0.5) is 0 Å². The molecule has 0 aliphatic rings. The van der Waals surface area contributed by atoms with Crippen LogP contribution in [0.15, 0.2) is 10.9 Å². The van der Waals surface area contributed by atoms with Crippen molar-refractivity contribution in [3.05, 3.63) is 27.9 Å². The number of aryl methyl sites for hydroxylation is 2. The molecule has 1 N–H and O–H groups in total. The second-order valence-corrected chi connectivity index (χ2v) is 4.58. The Morgan fingerprint density at radius 1 is 1.47 bits per heavy atom. The van der Waals surface area contributed by atoms with Crippen LogP contribution < -0.4 is 10.9 Å². The quantitative estimate of drug-likeness (QED) is 0.818. The van der Waals surface area contributed by atoms with E-state index in [4.69, 9.17) is 0 Å². The predicted octanol–water partition coefficient (Wildman–Crippen LogP) is 1.64. The summed E-state index contributed by atoms with van der Waals surface area (Å²) in [6.45, 7) is 9.58. The summed E-state index contributed by atoms with van der Waals surface area (Å²) in [5.74, 6) is 0.792. The van der Waals surface area contributed by atoms with Gasteiger partial charge >= 0.3 is 0 Å². The van der Waals surface area contributed by atoms with Crippen molar-refractivity contribution >= 4 is 0 Å². The highest BCUT2D eigenvalue weighted by Crippen LogP contribution is 1.96. The van der Waals surface area contributed by atoms with Gasteiger partial charge in [-0.2, -0.15) is 0 Å². The Bertz CT molecular complexity index is 412. The molecule has 0 aromatic carbocycles. The monoisotopic (exact) mass is 237 g/mol. The molecule has 1 unspecified atom stereocenters. The molecular formula is C13H23N3O. The second kappa shape index (κ2) is 6.55. The SMILES string of the molecule is CCCC(C)NCCn1c(C)nc(C)cc1=O. The minimum Gasteiger partial charge on any atom is -0.312 e. The standard InChI is InChI=1S/C13H23N3O/c1-5-6-10(2)14-7-8-16-12(4)15-11(3)9-13(16)17/h9-10,14H,5-8H2,1-4H3. The van der Waals surface area contributed by atoms with Crippen molar-refractivity contribution < 1.29 is 0 Å². The molecule has 0 saturated heterocycles. The summed E-state index contributed by atoms with van der Waals surface area (Å²) in [6.07, 6.45) is 2.35. The van der Waals surface area contributed by atoms with Crippen LogP contribution in [-0.4, -0.2) is 22.1 Å². The van der Waals surface area contributed by atoms with Crippen LogP contribution in [-0.2, 0) is 6.54 Å². The minimum atomic E-state index is 0.0416. The topological polar surface area (TPSA) is 46.9 Å². The maximum absolute atomic E-state index is 11.8.